The molecule has 4 heterocycles. The largest absolute Gasteiger partial charge is 0.309 e. The normalized spacial score (nSPS) is 14.3. The lowest BCUT2D eigenvalue weighted by molar-refractivity contribution is 0.662. The van der Waals surface area contributed by atoms with Crippen LogP contribution in [0.2, 0.25) is 0 Å². The molecule has 4 aromatic rings. The van der Waals surface area contributed by atoms with Gasteiger partial charge in [0, 0.05) is 26.7 Å². The van der Waals surface area contributed by atoms with Gasteiger partial charge in [-0.3, -0.25) is 4.79 Å². The third kappa shape index (κ3) is 2.89. The third-order valence-electron chi connectivity index (χ3n) is 4.32. The number of hydrogen-bond donors (Lipinski definition) is 1. The molecule has 0 radical (unpaired) electrons. The minimum Gasteiger partial charge on any atom is -0.309 e. The SMILES string of the molecule is Cc1ccc(-c2csc3nc(CSc4nncn4C4CC4)[nH]c(=O)c23)s1. The molecule has 0 spiro atoms. The molecule has 0 unspecified atom stereocenters. The fraction of sp³-hybridized carbons (Fsp3) is 0.294. The van der Waals surface area contributed by atoms with E-state index in [1.807, 2.05) is 5.38 Å². The van der Waals surface area contributed by atoms with Crippen LogP contribution in [-0.2, 0) is 5.75 Å². The number of aromatic amines is 1. The van der Waals surface area contributed by atoms with Gasteiger partial charge in [0.15, 0.2) is 5.16 Å². The molecular formula is C17H15N5OS3. The molecule has 4 aromatic heterocycles. The summed E-state index contributed by atoms with van der Waals surface area (Å²) in [6, 6.07) is 4.68. The van der Waals surface area contributed by atoms with E-state index >= 15 is 0 Å². The molecule has 0 saturated heterocycles. The van der Waals surface area contributed by atoms with Crippen LogP contribution in [0.1, 0.15) is 29.6 Å². The van der Waals surface area contributed by atoms with Crippen molar-refractivity contribution in [3.63, 3.8) is 0 Å². The molecule has 132 valence electrons. The zero-order valence-electron chi connectivity index (χ0n) is 13.9. The van der Waals surface area contributed by atoms with Crippen molar-refractivity contribution in [2.24, 2.45) is 0 Å². The number of fused-ring (bicyclic) bond motifs is 1. The minimum absolute atomic E-state index is 0.0726. The first-order chi connectivity index (χ1) is 12.7. The van der Waals surface area contributed by atoms with Gasteiger partial charge in [0.25, 0.3) is 5.56 Å². The highest BCUT2D eigenvalue weighted by molar-refractivity contribution is 7.98. The Labute approximate surface area is 161 Å². The van der Waals surface area contributed by atoms with Crippen molar-refractivity contribution < 1.29 is 0 Å². The number of aromatic nitrogens is 5. The van der Waals surface area contributed by atoms with Gasteiger partial charge in [-0.1, -0.05) is 11.8 Å². The quantitative estimate of drug-likeness (QED) is 0.506. The predicted octanol–water partition coefficient (Wildman–Crippen LogP) is 4.24. The predicted molar refractivity (Wildman–Crippen MR) is 106 cm³/mol. The second-order valence-electron chi connectivity index (χ2n) is 6.29. The first-order valence-corrected chi connectivity index (χ1v) is 11.0. The van der Waals surface area contributed by atoms with Gasteiger partial charge in [-0.15, -0.1) is 32.9 Å². The van der Waals surface area contributed by atoms with Crippen LogP contribution < -0.4 is 5.56 Å². The molecule has 1 N–H and O–H groups in total. The molecule has 0 bridgehead atoms. The van der Waals surface area contributed by atoms with Gasteiger partial charge in [0.1, 0.15) is 17.0 Å². The maximum atomic E-state index is 12.7. The Hall–Kier alpha value is -1.97. The monoisotopic (exact) mass is 401 g/mol. The van der Waals surface area contributed by atoms with E-state index < -0.39 is 0 Å². The Bertz CT molecular complexity index is 1150. The first-order valence-electron chi connectivity index (χ1n) is 8.28. The second kappa shape index (κ2) is 6.33. The van der Waals surface area contributed by atoms with Gasteiger partial charge in [-0.05, 0) is 31.9 Å². The number of nitrogens with one attached hydrogen (secondary N) is 1. The number of rotatable bonds is 5. The van der Waals surface area contributed by atoms with E-state index in [9.17, 15) is 4.79 Å². The molecule has 1 aliphatic rings. The van der Waals surface area contributed by atoms with Crippen LogP contribution in [0.4, 0.5) is 0 Å². The van der Waals surface area contributed by atoms with Gasteiger partial charge in [-0.2, -0.15) is 0 Å². The van der Waals surface area contributed by atoms with Crippen molar-refractivity contribution in [1.82, 2.24) is 24.7 Å². The fourth-order valence-corrected chi connectivity index (χ4v) is 5.67. The summed E-state index contributed by atoms with van der Waals surface area (Å²) in [5, 5.41) is 11.8. The molecule has 0 atom stereocenters. The lowest BCUT2D eigenvalue weighted by Crippen LogP contribution is -2.10. The number of H-pyrrole nitrogens is 1. The van der Waals surface area contributed by atoms with E-state index in [1.54, 1.807) is 29.4 Å². The summed E-state index contributed by atoms with van der Waals surface area (Å²) in [4.78, 5) is 23.4. The lowest BCUT2D eigenvalue weighted by atomic mass is 10.2. The Balaban J connectivity index is 1.44. The summed E-state index contributed by atoms with van der Waals surface area (Å²) in [5.41, 5.74) is 0.904. The van der Waals surface area contributed by atoms with Crippen LogP contribution >= 0.6 is 34.4 Å². The maximum absolute atomic E-state index is 12.7. The summed E-state index contributed by atoms with van der Waals surface area (Å²) in [6.07, 6.45) is 4.16. The van der Waals surface area contributed by atoms with Crippen LogP contribution in [0.5, 0.6) is 0 Å². The Kier molecular flexibility index (Phi) is 3.95. The van der Waals surface area contributed by atoms with Gasteiger partial charge < -0.3 is 9.55 Å². The summed E-state index contributed by atoms with van der Waals surface area (Å²) in [6.45, 7) is 2.07. The summed E-state index contributed by atoms with van der Waals surface area (Å²) >= 11 is 4.78. The fourth-order valence-electron chi connectivity index (χ4n) is 2.89. The van der Waals surface area contributed by atoms with Crippen LogP contribution in [0.15, 0.2) is 33.8 Å². The molecule has 1 fully saturated rings. The molecule has 6 nitrogen and oxygen atoms in total. The van der Waals surface area contributed by atoms with E-state index in [1.165, 1.54) is 29.1 Å². The topological polar surface area (TPSA) is 76.5 Å². The number of aryl methyl sites for hydroxylation is 1. The highest BCUT2D eigenvalue weighted by atomic mass is 32.2. The smallest absolute Gasteiger partial charge is 0.260 e. The van der Waals surface area contributed by atoms with Gasteiger partial charge in [0.05, 0.1) is 11.1 Å². The van der Waals surface area contributed by atoms with Crippen molar-refractivity contribution in [3.05, 3.63) is 44.9 Å². The molecule has 26 heavy (non-hydrogen) atoms. The van der Waals surface area contributed by atoms with E-state index in [4.69, 9.17) is 0 Å². The average molecular weight is 402 g/mol. The number of thiophene rings is 2. The molecule has 0 aromatic carbocycles. The highest BCUT2D eigenvalue weighted by Gasteiger charge is 2.26. The van der Waals surface area contributed by atoms with E-state index in [2.05, 4.69) is 43.8 Å². The summed E-state index contributed by atoms with van der Waals surface area (Å²) in [5.74, 6) is 1.25. The van der Waals surface area contributed by atoms with E-state index in [0.717, 1.165) is 20.4 Å². The Morgan fingerprint density at radius 1 is 1.38 bits per heavy atom. The maximum Gasteiger partial charge on any atom is 0.260 e. The van der Waals surface area contributed by atoms with Crippen molar-refractivity contribution in [2.45, 2.75) is 36.7 Å². The number of thioether (sulfide) groups is 1. The Morgan fingerprint density at radius 2 is 2.27 bits per heavy atom. The molecule has 0 aliphatic heterocycles. The second-order valence-corrected chi connectivity index (χ2v) is 9.38. The zero-order chi connectivity index (χ0) is 17.7. The van der Waals surface area contributed by atoms with Gasteiger partial charge >= 0.3 is 0 Å². The summed E-state index contributed by atoms with van der Waals surface area (Å²) in [7, 11) is 0. The van der Waals surface area contributed by atoms with Crippen LogP contribution in [0.3, 0.4) is 0 Å². The minimum atomic E-state index is -0.0726. The number of hydrogen-bond acceptors (Lipinski definition) is 7. The van der Waals surface area contributed by atoms with Gasteiger partial charge in [-0.25, -0.2) is 4.98 Å². The van der Waals surface area contributed by atoms with Crippen molar-refractivity contribution in [3.8, 4) is 10.4 Å². The first kappa shape index (κ1) is 16.2. The molecule has 1 aliphatic carbocycles. The summed E-state index contributed by atoms with van der Waals surface area (Å²) < 4.78 is 2.11. The standard InChI is InChI=1S/C17H15N5OS3/c1-9-2-5-12(26-9)11-6-24-16-14(11)15(23)19-13(20-16)7-25-17-21-18-8-22(17)10-3-4-10/h2,5-6,8,10H,3-4,7H2,1H3,(H,19,20,23). The van der Waals surface area contributed by atoms with Crippen LogP contribution in [0.25, 0.3) is 20.7 Å². The lowest BCUT2D eigenvalue weighted by Gasteiger charge is -2.04. The van der Waals surface area contributed by atoms with E-state index in [-0.39, 0.29) is 5.56 Å². The van der Waals surface area contributed by atoms with Crippen LogP contribution in [-0.4, -0.2) is 24.7 Å². The van der Waals surface area contributed by atoms with Gasteiger partial charge in [0.2, 0.25) is 0 Å². The molecule has 1 saturated carbocycles. The molecule has 0 amide bonds. The number of nitrogens with zero attached hydrogens (tertiary/aromatic N) is 4. The molecule has 9 heteroatoms. The highest BCUT2D eigenvalue weighted by Crippen LogP contribution is 2.38. The zero-order valence-corrected chi connectivity index (χ0v) is 16.4. The Morgan fingerprint density at radius 3 is 3.04 bits per heavy atom. The molecule has 5 rings (SSSR count). The van der Waals surface area contributed by atoms with Crippen LogP contribution in [0, 0.1) is 6.92 Å². The molecular weight excluding hydrogens is 386 g/mol. The van der Waals surface area contributed by atoms with Crippen molar-refractivity contribution >= 4 is 44.7 Å². The third-order valence-corrected chi connectivity index (χ3v) is 7.19. The average Bonchev–Trinajstić information content (AvgIpc) is 3.03. The van der Waals surface area contributed by atoms with Crippen molar-refractivity contribution in [2.75, 3.05) is 0 Å². The van der Waals surface area contributed by atoms with E-state index in [0.29, 0.717) is 23.0 Å². The van der Waals surface area contributed by atoms with Crippen molar-refractivity contribution in [1.29, 1.82) is 0 Å².